The molecule has 0 fully saturated rings. The number of fused-ring (bicyclic) bond motifs is 2. The molecule has 0 amide bonds. The molecule has 0 aliphatic heterocycles. The van der Waals surface area contributed by atoms with E-state index in [1.54, 1.807) is 11.3 Å². The third-order valence-electron chi connectivity index (χ3n) is 3.89. The molecule has 0 unspecified atom stereocenters. The fourth-order valence-electron chi connectivity index (χ4n) is 2.54. The van der Waals surface area contributed by atoms with Gasteiger partial charge in [0.15, 0.2) is 10.7 Å². The summed E-state index contributed by atoms with van der Waals surface area (Å²) in [6, 6.07) is 10.4. The van der Waals surface area contributed by atoms with E-state index < -0.39 is 0 Å². The van der Waals surface area contributed by atoms with Crippen LogP contribution in [0.15, 0.2) is 34.7 Å². The van der Waals surface area contributed by atoms with Crippen molar-refractivity contribution in [3.8, 4) is 5.75 Å². The highest BCUT2D eigenvalue weighted by atomic mass is 32.1. The van der Waals surface area contributed by atoms with Crippen molar-refractivity contribution in [3.63, 3.8) is 0 Å². The number of ether oxygens (including phenoxy) is 1. The lowest BCUT2D eigenvalue weighted by Crippen LogP contribution is -1.90. The molecule has 0 spiro atoms. The average Bonchev–Trinajstić information content (AvgIpc) is 3.10. The Morgan fingerprint density at radius 3 is 2.75 bits per heavy atom. The smallest absolute Gasteiger partial charge is 0.302 e. The molecule has 4 rings (SSSR count). The van der Waals surface area contributed by atoms with Crippen LogP contribution in [0, 0.1) is 13.8 Å². The first-order chi connectivity index (χ1) is 11.6. The van der Waals surface area contributed by atoms with Crippen LogP contribution < -0.4 is 10.1 Å². The number of hydrogen-bond donors (Lipinski definition) is 1. The number of thiazole rings is 1. The Balaban J connectivity index is 1.66. The molecule has 0 bridgehead atoms. The van der Waals surface area contributed by atoms with Crippen molar-refractivity contribution >= 4 is 43.8 Å². The zero-order valence-electron chi connectivity index (χ0n) is 13.7. The van der Waals surface area contributed by atoms with Gasteiger partial charge in [0.05, 0.1) is 16.8 Å². The van der Waals surface area contributed by atoms with Crippen LogP contribution in [0.25, 0.3) is 21.3 Å². The van der Waals surface area contributed by atoms with E-state index in [0.29, 0.717) is 12.6 Å². The Hall–Kier alpha value is -2.60. The molecular formula is C18H17N3O2S. The van der Waals surface area contributed by atoms with E-state index in [1.165, 1.54) is 11.1 Å². The molecular weight excluding hydrogens is 322 g/mol. The summed E-state index contributed by atoms with van der Waals surface area (Å²) in [6.07, 6.45) is 0. The number of oxazole rings is 1. The van der Waals surface area contributed by atoms with Crippen molar-refractivity contribution in [3.05, 3.63) is 41.5 Å². The zero-order chi connectivity index (χ0) is 16.7. The normalized spacial score (nSPS) is 11.3. The first kappa shape index (κ1) is 15.0. The first-order valence-electron chi connectivity index (χ1n) is 7.80. The molecule has 1 N–H and O–H groups in total. The number of aryl methyl sites for hydroxylation is 2. The quantitative estimate of drug-likeness (QED) is 0.554. The molecule has 0 atom stereocenters. The summed E-state index contributed by atoms with van der Waals surface area (Å²) in [5, 5.41) is 3.91. The summed E-state index contributed by atoms with van der Waals surface area (Å²) in [7, 11) is 0. The van der Waals surface area contributed by atoms with E-state index in [-0.39, 0.29) is 0 Å². The maximum Gasteiger partial charge on any atom is 0.302 e. The first-order valence-corrected chi connectivity index (χ1v) is 8.62. The van der Waals surface area contributed by atoms with Crippen LogP contribution in [-0.2, 0) is 0 Å². The maximum atomic E-state index is 5.79. The minimum absolute atomic E-state index is 0.457. The van der Waals surface area contributed by atoms with E-state index in [9.17, 15) is 0 Å². The molecule has 0 radical (unpaired) electrons. The second-order valence-corrected chi connectivity index (χ2v) is 6.66. The second-order valence-electron chi connectivity index (χ2n) is 5.63. The summed E-state index contributed by atoms with van der Waals surface area (Å²) in [5.41, 5.74) is 4.94. The predicted molar refractivity (Wildman–Crippen MR) is 97.6 cm³/mol. The maximum absolute atomic E-state index is 5.79. The molecule has 0 aliphatic rings. The van der Waals surface area contributed by atoms with Crippen molar-refractivity contribution in [1.82, 2.24) is 9.97 Å². The Bertz CT molecular complexity index is 997. The van der Waals surface area contributed by atoms with Gasteiger partial charge in [0, 0.05) is 0 Å². The number of aromatic nitrogens is 2. The minimum atomic E-state index is 0.457. The molecule has 2 aromatic heterocycles. The highest BCUT2D eigenvalue weighted by molar-refractivity contribution is 7.22. The number of benzene rings is 2. The topological polar surface area (TPSA) is 60.2 Å². The van der Waals surface area contributed by atoms with Crippen LogP contribution in [0.1, 0.15) is 18.1 Å². The second kappa shape index (κ2) is 5.79. The Labute approximate surface area is 143 Å². The van der Waals surface area contributed by atoms with Crippen molar-refractivity contribution in [2.24, 2.45) is 0 Å². The molecule has 2 heterocycles. The van der Waals surface area contributed by atoms with Crippen molar-refractivity contribution in [2.75, 3.05) is 11.9 Å². The average molecular weight is 339 g/mol. The summed E-state index contributed by atoms with van der Waals surface area (Å²) < 4.78 is 12.4. The van der Waals surface area contributed by atoms with Gasteiger partial charge in [-0.3, -0.25) is 5.32 Å². The Morgan fingerprint density at radius 1 is 1.08 bits per heavy atom. The van der Waals surface area contributed by atoms with Gasteiger partial charge in [0.1, 0.15) is 11.3 Å². The van der Waals surface area contributed by atoms with Crippen LogP contribution >= 0.6 is 11.3 Å². The van der Waals surface area contributed by atoms with E-state index >= 15 is 0 Å². The molecule has 2 aromatic carbocycles. The molecule has 0 saturated heterocycles. The minimum Gasteiger partial charge on any atom is -0.494 e. The summed E-state index contributed by atoms with van der Waals surface area (Å²) >= 11 is 1.55. The van der Waals surface area contributed by atoms with E-state index in [0.717, 1.165) is 32.2 Å². The lowest BCUT2D eigenvalue weighted by Gasteiger charge is -2.00. The van der Waals surface area contributed by atoms with Gasteiger partial charge in [-0.2, -0.15) is 4.98 Å². The monoisotopic (exact) mass is 339 g/mol. The lowest BCUT2D eigenvalue weighted by molar-refractivity contribution is 0.341. The van der Waals surface area contributed by atoms with Crippen LogP contribution in [0.2, 0.25) is 0 Å². The third-order valence-corrected chi connectivity index (χ3v) is 4.82. The number of rotatable bonds is 4. The van der Waals surface area contributed by atoms with Gasteiger partial charge in [-0.15, -0.1) is 0 Å². The van der Waals surface area contributed by atoms with E-state index in [2.05, 4.69) is 29.1 Å². The molecule has 0 saturated carbocycles. The molecule has 122 valence electrons. The van der Waals surface area contributed by atoms with Gasteiger partial charge in [-0.1, -0.05) is 11.3 Å². The van der Waals surface area contributed by atoms with Crippen molar-refractivity contribution < 1.29 is 9.15 Å². The van der Waals surface area contributed by atoms with Crippen LogP contribution in [-0.4, -0.2) is 16.6 Å². The van der Waals surface area contributed by atoms with Gasteiger partial charge in [0.2, 0.25) is 0 Å². The SMILES string of the molecule is CCOc1ccc2nc(Nc3nc4cc(C)c(C)cc4o3)sc2c1. The number of nitrogens with one attached hydrogen (secondary N) is 1. The number of anilines is 2. The van der Waals surface area contributed by atoms with Gasteiger partial charge in [0.25, 0.3) is 0 Å². The fourth-order valence-corrected chi connectivity index (χ4v) is 3.42. The molecule has 6 heteroatoms. The number of nitrogens with zero attached hydrogens (tertiary/aromatic N) is 2. The highest BCUT2D eigenvalue weighted by Gasteiger charge is 2.11. The standard InChI is InChI=1S/C18H17N3O2S/c1-4-22-12-5-6-13-16(9-12)24-18(20-13)21-17-19-14-7-10(2)11(3)8-15(14)23-17/h5-9H,4H2,1-3H3,(H,19,20,21). The van der Waals surface area contributed by atoms with Gasteiger partial charge in [-0.25, -0.2) is 4.98 Å². The Kier molecular flexibility index (Phi) is 3.61. The van der Waals surface area contributed by atoms with Crippen LogP contribution in [0.3, 0.4) is 0 Å². The van der Waals surface area contributed by atoms with E-state index in [1.807, 2.05) is 37.3 Å². The summed E-state index contributed by atoms with van der Waals surface area (Å²) in [4.78, 5) is 9.06. The zero-order valence-corrected chi connectivity index (χ0v) is 14.5. The van der Waals surface area contributed by atoms with Crippen LogP contribution in [0.5, 0.6) is 5.75 Å². The summed E-state index contributed by atoms with van der Waals surface area (Å²) in [6.45, 7) is 6.76. The molecule has 24 heavy (non-hydrogen) atoms. The van der Waals surface area contributed by atoms with Crippen molar-refractivity contribution in [1.29, 1.82) is 0 Å². The van der Waals surface area contributed by atoms with Crippen molar-refractivity contribution in [2.45, 2.75) is 20.8 Å². The largest absolute Gasteiger partial charge is 0.494 e. The van der Waals surface area contributed by atoms with Crippen LogP contribution in [0.4, 0.5) is 11.1 Å². The van der Waals surface area contributed by atoms with E-state index in [4.69, 9.17) is 9.15 Å². The predicted octanol–water partition coefficient (Wildman–Crippen LogP) is 5.20. The Morgan fingerprint density at radius 2 is 1.92 bits per heavy atom. The van der Waals surface area contributed by atoms with Gasteiger partial charge in [-0.05, 0) is 62.2 Å². The third kappa shape index (κ3) is 2.69. The van der Waals surface area contributed by atoms with Gasteiger partial charge < -0.3 is 9.15 Å². The molecule has 0 aliphatic carbocycles. The lowest BCUT2D eigenvalue weighted by atomic mass is 10.1. The molecule has 5 nitrogen and oxygen atoms in total. The van der Waals surface area contributed by atoms with Gasteiger partial charge >= 0.3 is 6.01 Å². The summed E-state index contributed by atoms with van der Waals surface area (Å²) in [5.74, 6) is 0.855. The molecule has 4 aromatic rings. The highest BCUT2D eigenvalue weighted by Crippen LogP contribution is 2.32. The fraction of sp³-hybridized carbons (Fsp3) is 0.222. The number of hydrogen-bond acceptors (Lipinski definition) is 6.